The van der Waals surface area contributed by atoms with E-state index >= 15 is 0 Å². The minimum Gasteiger partial charge on any atom is -0.352 e. The van der Waals surface area contributed by atoms with E-state index in [9.17, 15) is 9.59 Å². The first-order chi connectivity index (χ1) is 15.8. The van der Waals surface area contributed by atoms with Gasteiger partial charge in [0.05, 0.1) is 6.42 Å². The predicted octanol–water partition coefficient (Wildman–Crippen LogP) is 5.81. The maximum absolute atomic E-state index is 13.6. The highest BCUT2D eigenvalue weighted by atomic mass is 79.9. The van der Waals surface area contributed by atoms with E-state index in [-0.39, 0.29) is 24.3 Å². The molecule has 6 heteroatoms. The lowest BCUT2D eigenvalue weighted by Crippen LogP contribution is -2.52. The van der Waals surface area contributed by atoms with Crippen molar-refractivity contribution in [2.24, 2.45) is 0 Å². The molecular formula is C27H28BrClN2O2. The lowest BCUT2D eigenvalue weighted by Gasteiger charge is -2.32. The van der Waals surface area contributed by atoms with Crippen LogP contribution in [-0.2, 0) is 29.0 Å². The normalized spacial score (nSPS) is 11.8. The van der Waals surface area contributed by atoms with Gasteiger partial charge in [-0.05, 0) is 54.8 Å². The molecule has 0 saturated carbocycles. The maximum Gasteiger partial charge on any atom is 0.243 e. The van der Waals surface area contributed by atoms with Gasteiger partial charge in [-0.25, -0.2) is 0 Å². The van der Waals surface area contributed by atoms with Crippen molar-refractivity contribution in [2.45, 2.75) is 45.3 Å². The van der Waals surface area contributed by atoms with Gasteiger partial charge in [0.1, 0.15) is 6.04 Å². The zero-order valence-electron chi connectivity index (χ0n) is 18.8. The Morgan fingerprint density at radius 3 is 2.21 bits per heavy atom. The number of hydrogen-bond acceptors (Lipinski definition) is 2. The summed E-state index contributed by atoms with van der Waals surface area (Å²) in [6.45, 7) is 4.17. The van der Waals surface area contributed by atoms with Crippen molar-refractivity contribution in [1.82, 2.24) is 10.2 Å². The fourth-order valence-electron chi connectivity index (χ4n) is 3.64. The molecule has 0 aliphatic heterocycles. The molecule has 0 spiro atoms. The van der Waals surface area contributed by atoms with Crippen molar-refractivity contribution in [3.63, 3.8) is 0 Å². The number of carbonyl (C=O) groups excluding carboxylic acids is 2. The van der Waals surface area contributed by atoms with E-state index in [4.69, 9.17) is 11.6 Å². The third kappa shape index (κ3) is 7.72. The monoisotopic (exact) mass is 526 g/mol. The number of nitrogens with one attached hydrogen (secondary N) is 1. The number of nitrogens with zero attached hydrogens (tertiary/aromatic N) is 1. The number of amides is 2. The molecule has 0 bridgehead atoms. The van der Waals surface area contributed by atoms with Crippen LogP contribution in [0.3, 0.4) is 0 Å². The molecule has 0 heterocycles. The first-order valence-corrected chi connectivity index (χ1v) is 12.1. The number of carbonyl (C=O) groups is 2. The smallest absolute Gasteiger partial charge is 0.243 e. The van der Waals surface area contributed by atoms with Gasteiger partial charge in [-0.1, -0.05) is 82.1 Å². The average Bonchev–Trinajstić information content (AvgIpc) is 2.77. The molecule has 0 radical (unpaired) electrons. The molecule has 33 heavy (non-hydrogen) atoms. The topological polar surface area (TPSA) is 49.4 Å². The molecule has 1 N–H and O–H groups in total. The van der Waals surface area contributed by atoms with Crippen LogP contribution in [0.1, 0.15) is 30.5 Å². The van der Waals surface area contributed by atoms with Gasteiger partial charge in [-0.15, -0.1) is 0 Å². The molecule has 1 atom stereocenters. The van der Waals surface area contributed by atoms with E-state index in [1.807, 2.05) is 80.6 Å². The van der Waals surface area contributed by atoms with Crippen LogP contribution in [0.15, 0.2) is 83.3 Å². The van der Waals surface area contributed by atoms with Gasteiger partial charge in [0.25, 0.3) is 0 Å². The molecule has 3 aromatic rings. The van der Waals surface area contributed by atoms with Gasteiger partial charge in [0.2, 0.25) is 11.8 Å². The second-order valence-corrected chi connectivity index (χ2v) is 9.68. The van der Waals surface area contributed by atoms with E-state index in [2.05, 4.69) is 21.2 Å². The standard InChI is InChI=1S/C27H28BrClN2O2/c1-19(2)30-27(33)25(16-20-7-4-3-5-8-20)31(18-21-11-13-23(28)14-12-21)26(32)17-22-9-6-10-24(29)15-22/h3-15,19,25H,16-18H2,1-2H3,(H,30,33)/t25-/m1/s1. The molecule has 0 aromatic heterocycles. The summed E-state index contributed by atoms with van der Waals surface area (Å²) in [6.07, 6.45) is 0.592. The summed E-state index contributed by atoms with van der Waals surface area (Å²) >= 11 is 9.59. The van der Waals surface area contributed by atoms with Crippen LogP contribution in [0.2, 0.25) is 5.02 Å². The summed E-state index contributed by atoms with van der Waals surface area (Å²) in [7, 11) is 0. The molecule has 172 valence electrons. The first-order valence-electron chi connectivity index (χ1n) is 10.9. The second kappa shape index (κ2) is 12.0. The van der Waals surface area contributed by atoms with Gasteiger partial charge in [0, 0.05) is 28.5 Å². The van der Waals surface area contributed by atoms with Crippen LogP contribution in [0, 0.1) is 0 Å². The Labute approximate surface area is 209 Å². The number of hydrogen-bond donors (Lipinski definition) is 1. The van der Waals surface area contributed by atoms with Crippen molar-refractivity contribution in [1.29, 1.82) is 0 Å². The lowest BCUT2D eigenvalue weighted by molar-refractivity contribution is -0.141. The predicted molar refractivity (Wildman–Crippen MR) is 137 cm³/mol. The van der Waals surface area contributed by atoms with Crippen molar-refractivity contribution in [2.75, 3.05) is 0 Å². The summed E-state index contributed by atoms with van der Waals surface area (Å²) in [5.74, 6) is -0.287. The van der Waals surface area contributed by atoms with Gasteiger partial charge >= 0.3 is 0 Å². The molecule has 4 nitrogen and oxygen atoms in total. The zero-order chi connectivity index (χ0) is 23.8. The molecule has 3 rings (SSSR count). The molecule has 0 saturated heterocycles. The Bertz CT molecular complexity index is 1070. The van der Waals surface area contributed by atoms with E-state index in [0.717, 1.165) is 21.2 Å². The van der Waals surface area contributed by atoms with Crippen LogP contribution in [0.25, 0.3) is 0 Å². The van der Waals surface area contributed by atoms with Crippen LogP contribution in [0.4, 0.5) is 0 Å². The third-order valence-electron chi connectivity index (χ3n) is 5.21. The lowest BCUT2D eigenvalue weighted by atomic mass is 10.0. The quantitative estimate of drug-likeness (QED) is 0.382. The van der Waals surface area contributed by atoms with Gasteiger partial charge < -0.3 is 10.2 Å². The van der Waals surface area contributed by atoms with Gasteiger partial charge in [-0.3, -0.25) is 9.59 Å². The van der Waals surface area contributed by atoms with Gasteiger partial charge in [-0.2, -0.15) is 0 Å². The molecular weight excluding hydrogens is 500 g/mol. The Morgan fingerprint density at radius 2 is 1.58 bits per heavy atom. The second-order valence-electron chi connectivity index (χ2n) is 8.32. The first kappa shape index (κ1) is 25.0. The van der Waals surface area contributed by atoms with Crippen LogP contribution < -0.4 is 5.32 Å². The van der Waals surface area contributed by atoms with E-state index in [1.54, 1.807) is 17.0 Å². The zero-order valence-corrected chi connectivity index (χ0v) is 21.1. The summed E-state index contributed by atoms with van der Waals surface area (Å²) in [4.78, 5) is 28.6. The Morgan fingerprint density at radius 1 is 0.909 bits per heavy atom. The highest BCUT2D eigenvalue weighted by molar-refractivity contribution is 9.10. The number of rotatable bonds is 9. The summed E-state index contributed by atoms with van der Waals surface area (Å²) in [6, 6.07) is 24.2. The van der Waals surface area contributed by atoms with Crippen LogP contribution >= 0.6 is 27.5 Å². The van der Waals surface area contributed by atoms with Crippen LogP contribution in [0.5, 0.6) is 0 Å². The van der Waals surface area contributed by atoms with E-state index in [1.165, 1.54) is 0 Å². The minimum atomic E-state index is -0.648. The average molecular weight is 528 g/mol. The van der Waals surface area contributed by atoms with Crippen molar-refractivity contribution in [3.8, 4) is 0 Å². The summed E-state index contributed by atoms with van der Waals surface area (Å²) < 4.78 is 0.960. The van der Waals surface area contributed by atoms with E-state index in [0.29, 0.717) is 18.0 Å². The third-order valence-corrected chi connectivity index (χ3v) is 5.98. The SMILES string of the molecule is CC(C)NC(=O)[C@@H](Cc1ccccc1)N(Cc1ccc(Br)cc1)C(=O)Cc1cccc(Cl)c1. The number of benzene rings is 3. The molecule has 3 aromatic carbocycles. The van der Waals surface area contributed by atoms with E-state index < -0.39 is 6.04 Å². The highest BCUT2D eigenvalue weighted by Crippen LogP contribution is 2.19. The summed E-state index contributed by atoms with van der Waals surface area (Å²) in [5.41, 5.74) is 2.77. The van der Waals surface area contributed by atoms with Gasteiger partial charge in [0.15, 0.2) is 0 Å². The highest BCUT2D eigenvalue weighted by Gasteiger charge is 2.30. The van der Waals surface area contributed by atoms with Crippen molar-refractivity contribution >= 4 is 39.3 Å². The fourth-order valence-corrected chi connectivity index (χ4v) is 4.12. The van der Waals surface area contributed by atoms with Crippen LogP contribution in [-0.4, -0.2) is 28.8 Å². The largest absolute Gasteiger partial charge is 0.352 e. The molecule has 0 fully saturated rings. The molecule has 0 aliphatic carbocycles. The molecule has 0 unspecified atom stereocenters. The Balaban J connectivity index is 1.96. The minimum absolute atomic E-state index is 0.0339. The molecule has 0 aliphatic rings. The van der Waals surface area contributed by atoms with Crippen molar-refractivity contribution < 1.29 is 9.59 Å². The Kier molecular flexibility index (Phi) is 9.10. The maximum atomic E-state index is 13.6. The Hall–Kier alpha value is -2.63. The molecule has 2 amide bonds. The summed E-state index contributed by atoms with van der Waals surface area (Å²) in [5, 5.41) is 3.59. The fraction of sp³-hybridized carbons (Fsp3) is 0.259. The number of halogens is 2. The van der Waals surface area contributed by atoms with Crippen molar-refractivity contribution in [3.05, 3.63) is 105 Å².